The Hall–Kier alpha value is -1.86. The lowest BCUT2D eigenvalue weighted by Gasteiger charge is -2.12. The van der Waals surface area contributed by atoms with Gasteiger partial charge in [-0.05, 0) is 65.2 Å². The Kier molecular flexibility index (Phi) is 3.87. The van der Waals surface area contributed by atoms with Crippen LogP contribution in [-0.2, 0) is 0 Å². The molecule has 0 aliphatic rings. The quantitative estimate of drug-likeness (QED) is 0.861. The molecule has 0 amide bonds. The molecule has 2 rings (SSSR count). The largest absolute Gasteiger partial charge is 0.354 e. The first-order chi connectivity index (χ1) is 9.01. The highest BCUT2D eigenvalue weighted by Gasteiger charge is 2.08. The van der Waals surface area contributed by atoms with Crippen molar-refractivity contribution in [1.82, 2.24) is 0 Å². The molecule has 0 saturated heterocycles. The monoisotopic (exact) mass is 318 g/mol. The number of aryl methyl sites for hydroxylation is 2. The molecule has 96 valence electrons. The van der Waals surface area contributed by atoms with Crippen molar-refractivity contribution in [2.45, 2.75) is 13.8 Å². The van der Waals surface area contributed by atoms with Crippen LogP contribution < -0.4 is 5.32 Å². The summed E-state index contributed by atoms with van der Waals surface area (Å²) in [6, 6.07) is 10.8. The molecule has 0 atom stereocenters. The van der Waals surface area contributed by atoms with E-state index in [4.69, 9.17) is 5.26 Å². The van der Waals surface area contributed by atoms with Gasteiger partial charge in [0.25, 0.3) is 0 Å². The van der Waals surface area contributed by atoms with E-state index < -0.39 is 0 Å². The molecular weight excluding hydrogens is 307 g/mol. The van der Waals surface area contributed by atoms with E-state index in [1.54, 1.807) is 12.1 Å². The molecule has 1 N–H and O–H groups in total. The van der Waals surface area contributed by atoms with E-state index in [9.17, 15) is 4.39 Å². The molecule has 0 spiro atoms. The van der Waals surface area contributed by atoms with Gasteiger partial charge in [-0.2, -0.15) is 5.26 Å². The smallest absolute Gasteiger partial charge is 0.137 e. The zero-order chi connectivity index (χ0) is 14.0. The second kappa shape index (κ2) is 5.41. The van der Waals surface area contributed by atoms with Gasteiger partial charge in [0, 0.05) is 5.69 Å². The van der Waals surface area contributed by atoms with Gasteiger partial charge in [0.15, 0.2) is 0 Å². The topological polar surface area (TPSA) is 35.8 Å². The van der Waals surface area contributed by atoms with Crippen LogP contribution in [0.25, 0.3) is 0 Å². The SMILES string of the molecule is Cc1ccc(C#N)c(Nc2cc(Br)c(F)cc2C)c1. The van der Waals surface area contributed by atoms with Crippen LogP contribution in [0.4, 0.5) is 15.8 Å². The van der Waals surface area contributed by atoms with Crippen LogP contribution in [-0.4, -0.2) is 0 Å². The van der Waals surface area contributed by atoms with Crippen LogP contribution in [0.15, 0.2) is 34.8 Å². The molecule has 0 bridgehead atoms. The minimum absolute atomic E-state index is 0.298. The molecule has 0 fully saturated rings. The van der Waals surface area contributed by atoms with E-state index in [0.29, 0.717) is 10.0 Å². The van der Waals surface area contributed by atoms with E-state index in [1.165, 1.54) is 6.07 Å². The molecule has 0 radical (unpaired) electrons. The minimum Gasteiger partial charge on any atom is -0.354 e. The summed E-state index contributed by atoms with van der Waals surface area (Å²) in [7, 11) is 0. The Balaban J connectivity index is 2.45. The fourth-order valence-electron chi connectivity index (χ4n) is 1.79. The van der Waals surface area contributed by atoms with E-state index in [1.807, 2.05) is 26.0 Å². The van der Waals surface area contributed by atoms with Crippen molar-refractivity contribution in [2.24, 2.45) is 0 Å². The standard InChI is InChI=1S/C15H12BrFN2/c1-9-3-4-11(8-18)15(5-9)19-14-7-12(16)13(17)6-10(14)2/h3-7,19H,1-2H3. The maximum atomic E-state index is 13.4. The van der Waals surface area contributed by atoms with Gasteiger partial charge in [0.1, 0.15) is 11.9 Å². The first-order valence-corrected chi connectivity index (χ1v) is 6.54. The second-order valence-corrected chi connectivity index (χ2v) is 5.22. The molecule has 0 unspecified atom stereocenters. The fraction of sp³-hybridized carbons (Fsp3) is 0.133. The normalized spacial score (nSPS) is 10.1. The molecule has 0 saturated carbocycles. The van der Waals surface area contributed by atoms with Crippen molar-refractivity contribution in [3.8, 4) is 6.07 Å². The number of rotatable bonds is 2. The summed E-state index contributed by atoms with van der Waals surface area (Å²) in [6.45, 7) is 3.78. The summed E-state index contributed by atoms with van der Waals surface area (Å²) in [4.78, 5) is 0. The van der Waals surface area contributed by atoms with Gasteiger partial charge in [0.2, 0.25) is 0 Å². The van der Waals surface area contributed by atoms with Gasteiger partial charge in [-0.15, -0.1) is 0 Å². The van der Waals surface area contributed by atoms with Crippen molar-refractivity contribution in [1.29, 1.82) is 5.26 Å². The van der Waals surface area contributed by atoms with Gasteiger partial charge >= 0.3 is 0 Å². The number of nitriles is 1. The molecule has 0 aromatic heterocycles. The molecule has 4 heteroatoms. The van der Waals surface area contributed by atoms with Crippen LogP contribution in [0.3, 0.4) is 0 Å². The Morgan fingerprint density at radius 1 is 1.16 bits per heavy atom. The summed E-state index contributed by atoms with van der Waals surface area (Å²) < 4.78 is 13.8. The van der Waals surface area contributed by atoms with Crippen molar-refractivity contribution in [3.63, 3.8) is 0 Å². The molecule has 0 aliphatic heterocycles. The average molecular weight is 319 g/mol. The molecular formula is C15H12BrFN2. The number of hydrogen-bond acceptors (Lipinski definition) is 2. The van der Waals surface area contributed by atoms with Gasteiger partial charge in [-0.1, -0.05) is 6.07 Å². The maximum absolute atomic E-state index is 13.4. The number of nitrogens with zero attached hydrogens (tertiary/aromatic N) is 1. The predicted octanol–water partition coefficient (Wildman–Crippen LogP) is 4.82. The lowest BCUT2D eigenvalue weighted by atomic mass is 10.1. The van der Waals surface area contributed by atoms with Crippen LogP contribution in [0.2, 0.25) is 0 Å². The van der Waals surface area contributed by atoms with Crippen LogP contribution in [0.5, 0.6) is 0 Å². The Bertz CT molecular complexity index is 675. The van der Waals surface area contributed by atoms with Crippen LogP contribution >= 0.6 is 15.9 Å². The van der Waals surface area contributed by atoms with Crippen molar-refractivity contribution >= 4 is 27.3 Å². The van der Waals surface area contributed by atoms with Crippen LogP contribution in [0.1, 0.15) is 16.7 Å². The zero-order valence-corrected chi connectivity index (χ0v) is 12.2. The minimum atomic E-state index is -0.298. The number of halogens is 2. The van der Waals surface area contributed by atoms with Crippen LogP contribution in [0, 0.1) is 31.0 Å². The highest BCUT2D eigenvalue weighted by atomic mass is 79.9. The number of hydrogen-bond donors (Lipinski definition) is 1. The lowest BCUT2D eigenvalue weighted by molar-refractivity contribution is 0.620. The van der Waals surface area contributed by atoms with Crippen molar-refractivity contribution in [2.75, 3.05) is 5.32 Å². The Labute approximate surface area is 120 Å². The molecule has 0 heterocycles. The molecule has 2 aromatic rings. The average Bonchev–Trinajstić information content (AvgIpc) is 2.36. The second-order valence-electron chi connectivity index (χ2n) is 4.37. The van der Waals surface area contributed by atoms with E-state index in [0.717, 1.165) is 22.5 Å². The summed E-state index contributed by atoms with van der Waals surface area (Å²) >= 11 is 3.16. The van der Waals surface area contributed by atoms with Gasteiger partial charge < -0.3 is 5.32 Å². The third-order valence-electron chi connectivity index (χ3n) is 2.83. The van der Waals surface area contributed by atoms with Crippen molar-refractivity contribution in [3.05, 3.63) is 57.3 Å². The van der Waals surface area contributed by atoms with Gasteiger partial charge in [-0.3, -0.25) is 0 Å². The first kappa shape index (κ1) is 13.6. The summed E-state index contributed by atoms with van der Waals surface area (Å²) in [6.07, 6.45) is 0. The van der Waals surface area contributed by atoms with E-state index in [-0.39, 0.29) is 5.82 Å². The highest BCUT2D eigenvalue weighted by Crippen LogP contribution is 2.28. The van der Waals surface area contributed by atoms with Crippen molar-refractivity contribution < 1.29 is 4.39 Å². The summed E-state index contributed by atoms with van der Waals surface area (Å²) in [5.41, 5.74) is 3.90. The molecule has 19 heavy (non-hydrogen) atoms. The number of nitrogens with one attached hydrogen (secondary N) is 1. The third-order valence-corrected chi connectivity index (χ3v) is 3.44. The Morgan fingerprint density at radius 3 is 2.58 bits per heavy atom. The maximum Gasteiger partial charge on any atom is 0.137 e. The first-order valence-electron chi connectivity index (χ1n) is 5.74. The van der Waals surface area contributed by atoms with E-state index in [2.05, 4.69) is 27.3 Å². The fourth-order valence-corrected chi connectivity index (χ4v) is 2.13. The lowest BCUT2D eigenvalue weighted by Crippen LogP contribution is -1.97. The third kappa shape index (κ3) is 2.94. The summed E-state index contributed by atoms with van der Waals surface area (Å²) in [5.74, 6) is -0.298. The number of benzene rings is 2. The molecule has 2 nitrogen and oxygen atoms in total. The summed E-state index contributed by atoms with van der Waals surface area (Å²) in [5, 5.41) is 12.3. The zero-order valence-electron chi connectivity index (χ0n) is 10.6. The van der Waals surface area contributed by atoms with E-state index >= 15 is 0 Å². The highest BCUT2D eigenvalue weighted by molar-refractivity contribution is 9.10. The predicted molar refractivity (Wildman–Crippen MR) is 78.0 cm³/mol. The number of anilines is 2. The van der Waals surface area contributed by atoms with Gasteiger partial charge in [0.05, 0.1) is 15.7 Å². The molecule has 2 aromatic carbocycles. The van der Waals surface area contributed by atoms with Gasteiger partial charge in [-0.25, -0.2) is 4.39 Å². The Morgan fingerprint density at radius 2 is 1.89 bits per heavy atom. The molecule has 0 aliphatic carbocycles.